The molecule has 1 fully saturated rings. The van der Waals surface area contributed by atoms with Crippen LogP contribution < -0.4 is 4.74 Å². The zero-order chi connectivity index (χ0) is 16.3. The number of sulfonamides is 1. The number of nitrogens with zero attached hydrogens (tertiary/aromatic N) is 2. The molecule has 0 atom stereocenters. The van der Waals surface area contributed by atoms with Gasteiger partial charge in [0.15, 0.2) is 0 Å². The Labute approximate surface area is 137 Å². The van der Waals surface area contributed by atoms with Crippen molar-refractivity contribution in [2.75, 3.05) is 20.2 Å². The van der Waals surface area contributed by atoms with Gasteiger partial charge in [0.05, 0.1) is 7.11 Å². The number of benzene rings is 1. The summed E-state index contributed by atoms with van der Waals surface area (Å²) in [6.07, 6.45) is 4.64. The third-order valence-electron chi connectivity index (χ3n) is 4.31. The maximum atomic E-state index is 12.6. The Morgan fingerprint density at radius 2 is 1.83 bits per heavy atom. The largest absolute Gasteiger partial charge is 0.497 e. The maximum Gasteiger partial charge on any atom is 0.244 e. The average Bonchev–Trinajstić information content (AvgIpc) is 2.63. The van der Waals surface area contributed by atoms with Crippen LogP contribution >= 0.6 is 0 Å². The molecule has 0 saturated carbocycles. The zero-order valence-electron chi connectivity index (χ0n) is 13.1. The fraction of sp³-hybridized carbons (Fsp3) is 0.353. The molecule has 0 spiro atoms. The van der Waals surface area contributed by atoms with Gasteiger partial charge in [0.1, 0.15) is 10.6 Å². The zero-order valence-corrected chi connectivity index (χ0v) is 13.9. The van der Waals surface area contributed by atoms with E-state index in [1.807, 2.05) is 12.1 Å². The number of aromatic nitrogens is 1. The van der Waals surface area contributed by atoms with E-state index in [2.05, 4.69) is 17.1 Å². The van der Waals surface area contributed by atoms with Crippen LogP contribution in [0.3, 0.4) is 0 Å². The molecule has 1 aromatic heterocycles. The van der Waals surface area contributed by atoms with Crippen LogP contribution in [-0.4, -0.2) is 37.9 Å². The third kappa shape index (κ3) is 3.38. The minimum atomic E-state index is -3.43. The summed E-state index contributed by atoms with van der Waals surface area (Å²) in [4.78, 5) is 4.17. The van der Waals surface area contributed by atoms with E-state index in [1.54, 1.807) is 29.7 Å². The standard InChI is InChI=1S/C17H20N2O3S/c1-22-16-6-4-14(5-7-16)15-8-11-19(12-9-15)23(20,21)17-3-2-10-18-13-17/h2-7,10,13,15H,8-9,11-12H2,1H3. The summed E-state index contributed by atoms with van der Waals surface area (Å²) in [5, 5.41) is 0. The summed E-state index contributed by atoms with van der Waals surface area (Å²) in [5.74, 6) is 1.23. The van der Waals surface area contributed by atoms with Crippen LogP contribution in [0, 0.1) is 0 Å². The number of piperidine rings is 1. The molecule has 2 heterocycles. The van der Waals surface area contributed by atoms with E-state index in [0.29, 0.717) is 19.0 Å². The van der Waals surface area contributed by atoms with Gasteiger partial charge in [0.25, 0.3) is 0 Å². The molecule has 0 bridgehead atoms. The highest BCUT2D eigenvalue weighted by molar-refractivity contribution is 7.89. The minimum Gasteiger partial charge on any atom is -0.497 e. The predicted octanol–water partition coefficient (Wildman–Crippen LogP) is 2.66. The van der Waals surface area contributed by atoms with Crippen molar-refractivity contribution in [3.8, 4) is 5.75 Å². The van der Waals surface area contributed by atoms with Crippen LogP contribution in [0.1, 0.15) is 24.3 Å². The molecule has 0 unspecified atom stereocenters. The van der Waals surface area contributed by atoms with Crippen LogP contribution in [0.15, 0.2) is 53.7 Å². The highest BCUT2D eigenvalue weighted by atomic mass is 32.2. The molecule has 1 aliphatic heterocycles. The molecule has 1 aliphatic rings. The lowest BCUT2D eigenvalue weighted by Gasteiger charge is -2.31. The molecule has 5 nitrogen and oxygen atoms in total. The van der Waals surface area contributed by atoms with E-state index < -0.39 is 10.0 Å². The SMILES string of the molecule is COc1ccc(C2CCN(S(=O)(=O)c3cccnc3)CC2)cc1. The van der Waals surface area contributed by atoms with Crippen molar-refractivity contribution in [3.05, 3.63) is 54.4 Å². The van der Waals surface area contributed by atoms with E-state index in [9.17, 15) is 8.42 Å². The quantitative estimate of drug-likeness (QED) is 0.864. The Kier molecular flexibility index (Phi) is 4.63. The highest BCUT2D eigenvalue weighted by Crippen LogP contribution is 2.31. The first kappa shape index (κ1) is 16.0. The van der Waals surface area contributed by atoms with Crippen molar-refractivity contribution in [2.24, 2.45) is 0 Å². The fourth-order valence-electron chi connectivity index (χ4n) is 2.95. The van der Waals surface area contributed by atoms with Crippen molar-refractivity contribution in [3.63, 3.8) is 0 Å². The normalized spacial score (nSPS) is 17.1. The first-order chi connectivity index (χ1) is 11.1. The Morgan fingerprint density at radius 3 is 2.39 bits per heavy atom. The van der Waals surface area contributed by atoms with Gasteiger partial charge in [-0.1, -0.05) is 12.1 Å². The maximum absolute atomic E-state index is 12.6. The molecule has 6 heteroatoms. The molecule has 3 rings (SSSR count). The summed E-state index contributed by atoms with van der Waals surface area (Å²) in [7, 11) is -1.78. The molecular formula is C17H20N2O3S. The van der Waals surface area contributed by atoms with Crippen molar-refractivity contribution in [1.82, 2.24) is 9.29 Å². The molecular weight excluding hydrogens is 312 g/mol. The summed E-state index contributed by atoms with van der Waals surface area (Å²) in [5.41, 5.74) is 1.24. The van der Waals surface area contributed by atoms with E-state index in [4.69, 9.17) is 4.74 Å². The van der Waals surface area contributed by atoms with Gasteiger partial charge in [-0.15, -0.1) is 0 Å². The molecule has 0 N–H and O–H groups in total. The molecule has 1 aromatic carbocycles. The smallest absolute Gasteiger partial charge is 0.244 e. The Hall–Kier alpha value is -1.92. The van der Waals surface area contributed by atoms with Gasteiger partial charge < -0.3 is 4.74 Å². The number of pyridine rings is 1. The van der Waals surface area contributed by atoms with Crippen LogP contribution in [0.5, 0.6) is 5.75 Å². The Balaban J connectivity index is 1.68. The second kappa shape index (κ2) is 6.68. The lowest BCUT2D eigenvalue weighted by molar-refractivity contribution is 0.319. The molecule has 0 radical (unpaired) electrons. The van der Waals surface area contributed by atoms with Crippen molar-refractivity contribution >= 4 is 10.0 Å². The molecule has 2 aromatic rings. The monoisotopic (exact) mass is 332 g/mol. The number of rotatable bonds is 4. The molecule has 122 valence electrons. The summed E-state index contributed by atoms with van der Waals surface area (Å²) < 4.78 is 31.9. The van der Waals surface area contributed by atoms with Gasteiger partial charge in [0.2, 0.25) is 10.0 Å². The second-order valence-corrected chi connectivity index (χ2v) is 7.58. The van der Waals surface area contributed by atoms with Crippen molar-refractivity contribution in [2.45, 2.75) is 23.7 Å². The molecule has 0 aliphatic carbocycles. The summed E-state index contributed by atoms with van der Waals surface area (Å²) >= 11 is 0. The number of methoxy groups -OCH3 is 1. The van der Waals surface area contributed by atoms with Gasteiger partial charge in [-0.3, -0.25) is 4.98 Å². The molecule has 1 saturated heterocycles. The number of hydrogen-bond donors (Lipinski definition) is 0. The second-order valence-electron chi connectivity index (χ2n) is 5.64. The highest BCUT2D eigenvalue weighted by Gasteiger charge is 2.29. The summed E-state index contributed by atoms with van der Waals surface area (Å²) in [6.45, 7) is 1.07. The lowest BCUT2D eigenvalue weighted by Crippen LogP contribution is -2.37. The van der Waals surface area contributed by atoms with Crippen molar-refractivity contribution in [1.29, 1.82) is 0 Å². The van der Waals surface area contributed by atoms with Gasteiger partial charge in [0, 0.05) is 25.5 Å². The molecule has 0 amide bonds. The van der Waals surface area contributed by atoms with Gasteiger partial charge in [-0.25, -0.2) is 8.42 Å². The van der Waals surface area contributed by atoms with Crippen LogP contribution in [0.4, 0.5) is 0 Å². The van der Waals surface area contributed by atoms with Crippen LogP contribution in [0.25, 0.3) is 0 Å². The van der Waals surface area contributed by atoms with E-state index in [-0.39, 0.29) is 4.90 Å². The topological polar surface area (TPSA) is 59.5 Å². The van der Waals surface area contributed by atoms with Gasteiger partial charge in [-0.05, 0) is 48.6 Å². The van der Waals surface area contributed by atoms with E-state index in [1.165, 1.54) is 11.8 Å². The first-order valence-corrected chi connectivity index (χ1v) is 9.09. The Bertz CT molecular complexity index is 737. The lowest BCUT2D eigenvalue weighted by atomic mass is 9.90. The molecule has 23 heavy (non-hydrogen) atoms. The predicted molar refractivity (Wildman–Crippen MR) is 88.0 cm³/mol. The van der Waals surface area contributed by atoms with Gasteiger partial charge in [-0.2, -0.15) is 4.31 Å². The Morgan fingerprint density at radius 1 is 1.13 bits per heavy atom. The number of hydrogen-bond acceptors (Lipinski definition) is 4. The third-order valence-corrected chi connectivity index (χ3v) is 6.20. The van der Waals surface area contributed by atoms with Crippen molar-refractivity contribution < 1.29 is 13.2 Å². The summed E-state index contributed by atoms with van der Waals surface area (Å²) in [6, 6.07) is 11.3. The first-order valence-electron chi connectivity index (χ1n) is 7.65. The van der Waals surface area contributed by atoms with E-state index in [0.717, 1.165) is 18.6 Å². The van der Waals surface area contributed by atoms with Crippen LogP contribution in [-0.2, 0) is 10.0 Å². The minimum absolute atomic E-state index is 0.267. The van der Waals surface area contributed by atoms with Crippen LogP contribution in [0.2, 0.25) is 0 Å². The average molecular weight is 332 g/mol. The van der Waals surface area contributed by atoms with Gasteiger partial charge >= 0.3 is 0 Å². The fourth-order valence-corrected chi connectivity index (χ4v) is 4.39. The number of ether oxygens (including phenoxy) is 1. The van der Waals surface area contributed by atoms with E-state index >= 15 is 0 Å².